The molecule has 0 spiro atoms. The molecule has 0 fully saturated rings. The van der Waals surface area contributed by atoms with E-state index in [-0.39, 0.29) is 0 Å². The van der Waals surface area contributed by atoms with Crippen LogP contribution < -0.4 is 0 Å². The summed E-state index contributed by atoms with van der Waals surface area (Å²) in [4.78, 5) is 1.00. The van der Waals surface area contributed by atoms with Gasteiger partial charge in [0.15, 0.2) is 0 Å². The van der Waals surface area contributed by atoms with E-state index >= 15 is 0 Å². The zero-order valence-corrected chi connectivity index (χ0v) is 13.2. The Morgan fingerprint density at radius 1 is 0.955 bits per heavy atom. The van der Waals surface area contributed by atoms with E-state index in [1.54, 1.807) is 23.1 Å². The number of benzene rings is 2. The monoisotopic (exact) mass is 324 g/mol. The first-order valence-electron chi connectivity index (χ1n) is 6.87. The van der Waals surface area contributed by atoms with Crippen molar-refractivity contribution in [3.63, 3.8) is 0 Å². The molecule has 0 amide bonds. The molecule has 2 aromatic heterocycles. The van der Waals surface area contributed by atoms with Crippen LogP contribution >= 0.6 is 23.1 Å². The van der Waals surface area contributed by atoms with Gasteiger partial charge in [-0.2, -0.15) is 0 Å². The van der Waals surface area contributed by atoms with Crippen LogP contribution in [-0.4, -0.2) is 10.2 Å². The number of rotatable bonds is 4. The number of fused-ring (bicyclic) bond motifs is 1. The number of aromatic nitrogens is 2. The molecular formula is C17H12N2OS2. The second kappa shape index (κ2) is 5.94. The highest BCUT2D eigenvalue weighted by molar-refractivity contribution is 7.98. The molecular weight excluding hydrogens is 312 g/mol. The first-order chi connectivity index (χ1) is 10.9. The molecule has 0 aliphatic heterocycles. The predicted octanol–water partition coefficient (Wildman–Crippen LogP) is 5.24. The highest BCUT2D eigenvalue weighted by Gasteiger charge is 2.10. The normalized spacial score (nSPS) is 11.1. The van der Waals surface area contributed by atoms with Crippen molar-refractivity contribution in [2.24, 2.45) is 0 Å². The lowest BCUT2D eigenvalue weighted by atomic mass is 10.1. The second-order valence-electron chi connectivity index (χ2n) is 4.78. The van der Waals surface area contributed by atoms with Crippen molar-refractivity contribution in [1.82, 2.24) is 10.2 Å². The number of hydrogen-bond acceptors (Lipinski definition) is 5. The Kier molecular flexibility index (Phi) is 3.66. The molecule has 2 heterocycles. The Hall–Kier alpha value is -2.11. The molecule has 5 heteroatoms. The van der Waals surface area contributed by atoms with Crippen LogP contribution in [0.1, 0.15) is 5.56 Å². The van der Waals surface area contributed by atoms with E-state index in [0.717, 1.165) is 10.6 Å². The highest BCUT2D eigenvalue weighted by Crippen LogP contribution is 2.29. The van der Waals surface area contributed by atoms with Crippen LogP contribution in [0.4, 0.5) is 0 Å². The molecule has 4 rings (SSSR count). The standard InChI is InChI=1S/C17H12N2OS2/c1-2-8-14-12(5-1)6-3-7-13(14)11-22-17-19-18-16(20-17)15-9-4-10-21-15/h1-10H,11H2. The zero-order valence-electron chi connectivity index (χ0n) is 11.6. The van der Waals surface area contributed by atoms with Gasteiger partial charge in [-0.15, -0.1) is 21.5 Å². The van der Waals surface area contributed by atoms with Crippen molar-refractivity contribution in [2.45, 2.75) is 11.0 Å². The third-order valence-electron chi connectivity index (χ3n) is 3.37. The van der Waals surface area contributed by atoms with Crippen LogP contribution in [0.25, 0.3) is 21.5 Å². The van der Waals surface area contributed by atoms with E-state index in [4.69, 9.17) is 4.42 Å². The zero-order chi connectivity index (χ0) is 14.8. The molecule has 0 saturated carbocycles. The fourth-order valence-corrected chi connectivity index (χ4v) is 3.74. The highest BCUT2D eigenvalue weighted by atomic mass is 32.2. The molecule has 22 heavy (non-hydrogen) atoms. The maximum atomic E-state index is 5.71. The Morgan fingerprint density at radius 2 is 1.86 bits per heavy atom. The molecule has 0 saturated heterocycles. The van der Waals surface area contributed by atoms with Crippen LogP contribution in [-0.2, 0) is 5.75 Å². The number of thiophene rings is 1. The quantitative estimate of drug-likeness (QED) is 0.481. The van der Waals surface area contributed by atoms with Gasteiger partial charge < -0.3 is 4.42 Å². The third kappa shape index (κ3) is 2.65. The average Bonchev–Trinajstić information content (AvgIpc) is 3.24. The Balaban J connectivity index is 1.55. The minimum absolute atomic E-state index is 0.593. The summed E-state index contributed by atoms with van der Waals surface area (Å²) in [7, 11) is 0. The first kappa shape index (κ1) is 13.5. The fourth-order valence-electron chi connectivity index (χ4n) is 2.33. The van der Waals surface area contributed by atoms with E-state index < -0.39 is 0 Å². The van der Waals surface area contributed by atoms with Crippen molar-refractivity contribution >= 4 is 33.9 Å². The average molecular weight is 324 g/mol. The van der Waals surface area contributed by atoms with Gasteiger partial charge in [0.05, 0.1) is 4.88 Å². The summed E-state index contributed by atoms with van der Waals surface area (Å²) < 4.78 is 5.71. The molecule has 2 aromatic carbocycles. The van der Waals surface area contributed by atoms with E-state index in [1.165, 1.54) is 16.3 Å². The molecule has 0 bridgehead atoms. The molecule has 0 atom stereocenters. The molecule has 0 aliphatic carbocycles. The fraction of sp³-hybridized carbons (Fsp3) is 0.0588. The maximum Gasteiger partial charge on any atom is 0.277 e. The molecule has 0 unspecified atom stereocenters. The smallest absolute Gasteiger partial charge is 0.277 e. The van der Waals surface area contributed by atoms with Crippen LogP contribution in [0, 0.1) is 0 Å². The maximum absolute atomic E-state index is 5.71. The lowest BCUT2D eigenvalue weighted by molar-refractivity contribution is 0.467. The SMILES string of the molecule is c1csc(-c2nnc(SCc3cccc4ccccc34)o2)c1. The van der Waals surface area contributed by atoms with Gasteiger partial charge in [-0.25, -0.2) is 0 Å². The van der Waals surface area contributed by atoms with Gasteiger partial charge in [0.25, 0.3) is 11.1 Å². The van der Waals surface area contributed by atoms with Gasteiger partial charge in [-0.3, -0.25) is 0 Å². The van der Waals surface area contributed by atoms with Gasteiger partial charge in [-0.1, -0.05) is 60.3 Å². The van der Waals surface area contributed by atoms with Gasteiger partial charge in [0.2, 0.25) is 0 Å². The van der Waals surface area contributed by atoms with Crippen molar-refractivity contribution in [2.75, 3.05) is 0 Å². The van der Waals surface area contributed by atoms with E-state index in [2.05, 4.69) is 52.7 Å². The molecule has 3 nitrogen and oxygen atoms in total. The van der Waals surface area contributed by atoms with Crippen molar-refractivity contribution in [1.29, 1.82) is 0 Å². The van der Waals surface area contributed by atoms with E-state index in [9.17, 15) is 0 Å². The summed E-state index contributed by atoms with van der Waals surface area (Å²) >= 11 is 3.17. The molecule has 0 radical (unpaired) electrons. The van der Waals surface area contributed by atoms with E-state index in [1.807, 2.05) is 17.5 Å². The molecule has 108 valence electrons. The molecule has 4 aromatic rings. The summed E-state index contributed by atoms with van der Waals surface area (Å²) in [6, 6.07) is 18.7. The Labute approximate surface area is 136 Å². The number of nitrogens with zero attached hydrogens (tertiary/aromatic N) is 2. The van der Waals surface area contributed by atoms with Gasteiger partial charge in [-0.05, 0) is 27.8 Å². The predicted molar refractivity (Wildman–Crippen MR) is 91.1 cm³/mol. The lowest BCUT2D eigenvalue weighted by Crippen LogP contribution is -1.84. The van der Waals surface area contributed by atoms with Crippen molar-refractivity contribution in [3.8, 4) is 10.8 Å². The molecule has 0 N–H and O–H groups in total. The van der Waals surface area contributed by atoms with Crippen LogP contribution in [0.15, 0.2) is 69.6 Å². The third-order valence-corrected chi connectivity index (χ3v) is 5.09. The van der Waals surface area contributed by atoms with Crippen molar-refractivity contribution < 1.29 is 4.42 Å². The topological polar surface area (TPSA) is 38.9 Å². The van der Waals surface area contributed by atoms with Gasteiger partial charge in [0.1, 0.15) is 0 Å². The second-order valence-corrected chi connectivity index (χ2v) is 6.65. The van der Waals surface area contributed by atoms with Crippen LogP contribution in [0.3, 0.4) is 0 Å². The summed E-state index contributed by atoms with van der Waals surface area (Å²) in [5.41, 5.74) is 1.28. The minimum atomic E-state index is 0.593. The van der Waals surface area contributed by atoms with Gasteiger partial charge >= 0.3 is 0 Å². The minimum Gasteiger partial charge on any atom is -0.410 e. The number of hydrogen-bond donors (Lipinski definition) is 0. The molecule has 0 aliphatic rings. The van der Waals surface area contributed by atoms with Crippen LogP contribution in [0.5, 0.6) is 0 Å². The van der Waals surface area contributed by atoms with E-state index in [0.29, 0.717) is 11.1 Å². The lowest BCUT2D eigenvalue weighted by Gasteiger charge is -2.04. The Morgan fingerprint density at radius 3 is 2.77 bits per heavy atom. The summed E-state index contributed by atoms with van der Waals surface area (Å²) in [6.07, 6.45) is 0. The largest absolute Gasteiger partial charge is 0.410 e. The van der Waals surface area contributed by atoms with Crippen molar-refractivity contribution in [3.05, 3.63) is 65.5 Å². The summed E-state index contributed by atoms with van der Waals surface area (Å²) in [5, 5.41) is 13.4. The summed E-state index contributed by atoms with van der Waals surface area (Å²) in [6.45, 7) is 0. The first-order valence-corrected chi connectivity index (χ1v) is 8.73. The Bertz CT molecular complexity index is 895. The van der Waals surface area contributed by atoms with Crippen LogP contribution in [0.2, 0.25) is 0 Å². The summed E-state index contributed by atoms with van der Waals surface area (Å²) in [5.74, 6) is 1.41. The van der Waals surface area contributed by atoms with Gasteiger partial charge in [0, 0.05) is 5.75 Å². The number of thioether (sulfide) groups is 1.